The van der Waals surface area contributed by atoms with Gasteiger partial charge in [0.25, 0.3) is 5.91 Å². The first kappa shape index (κ1) is 15.9. The van der Waals surface area contributed by atoms with Crippen molar-refractivity contribution >= 4 is 17.6 Å². The van der Waals surface area contributed by atoms with E-state index in [1.165, 1.54) is 24.5 Å². The second kappa shape index (κ2) is 6.61. The number of carbonyl (C=O) groups is 2. The van der Waals surface area contributed by atoms with Gasteiger partial charge in [-0.25, -0.2) is 19.2 Å². The van der Waals surface area contributed by atoms with Crippen LogP contribution in [0.15, 0.2) is 36.7 Å². The van der Waals surface area contributed by atoms with Crippen LogP contribution in [0.2, 0.25) is 0 Å². The standard InChI is InChI=1S/C16H15FN4O3/c17-11-1-3-12(4-2-11)20-7-9-21(10-8-20)15(22)13-14(16(23)24)19-6-5-18-13/h1-6H,7-10H2,(H,23,24). The Balaban J connectivity index is 1.69. The molecule has 24 heavy (non-hydrogen) atoms. The van der Waals surface area contributed by atoms with Gasteiger partial charge in [0.2, 0.25) is 0 Å². The van der Waals surface area contributed by atoms with E-state index >= 15 is 0 Å². The number of aromatic carboxylic acids is 1. The Labute approximate surface area is 137 Å². The van der Waals surface area contributed by atoms with E-state index in [1.807, 2.05) is 4.90 Å². The summed E-state index contributed by atoms with van der Waals surface area (Å²) in [6.45, 7) is 1.98. The van der Waals surface area contributed by atoms with Gasteiger partial charge in [-0.3, -0.25) is 4.79 Å². The van der Waals surface area contributed by atoms with E-state index in [0.29, 0.717) is 26.2 Å². The maximum Gasteiger partial charge on any atom is 0.356 e. The minimum Gasteiger partial charge on any atom is -0.476 e. The number of hydrogen-bond acceptors (Lipinski definition) is 5. The summed E-state index contributed by atoms with van der Waals surface area (Å²) in [5.41, 5.74) is 0.387. The van der Waals surface area contributed by atoms with Crippen LogP contribution < -0.4 is 4.90 Å². The molecular formula is C16H15FN4O3. The van der Waals surface area contributed by atoms with Gasteiger partial charge in [0.05, 0.1) is 0 Å². The average molecular weight is 330 g/mol. The largest absolute Gasteiger partial charge is 0.476 e. The number of carboxylic acid groups (broad SMARTS) is 1. The van der Waals surface area contributed by atoms with Gasteiger partial charge in [-0.05, 0) is 24.3 Å². The molecule has 0 aliphatic carbocycles. The molecular weight excluding hydrogens is 315 g/mol. The SMILES string of the molecule is O=C(O)c1nccnc1C(=O)N1CCN(c2ccc(F)cc2)CC1. The predicted octanol–water partition coefficient (Wildman–Crippen LogP) is 1.28. The molecule has 1 aliphatic heterocycles. The number of carboxylic acids is 1. The van der Waals surface area contributed by atoms with Crippen molar-refractivity contribution in [2.45, 2.75) is 0 Å². The van der Waals surface area contributed by atoms with Crippen molar-refractivity contribution < 1.29 is 19.1 Å². The number of nitrogens with zero attached hydrogens (tertiary/aromatic N) is 4. The van der Waals surface area contributed by atoms with Crippen molar-refractivity contribution in [3.05, 3.63) is 53.9 Å². The van der Waals surface area contributed by atoms with E-state index in [1.54, 1.807) is 17.0 Å². The average Bonchev–Trinajstić information content (AvgIpc) is 2.62. The molecule has 0 unspecified atom stereocenters. The van der Waals surface area contributed by atoms with E-state index in [9.17, 15) is 14.0 Å². The van der Waals surface area contributed by atoms with Crippen LogP contribution in [0.3, 0.4) is 0 Å². The highest BCUT2D eigenvalue weighted by atomic mass is 19.1. The molecule has 1 fully saturated rings. The molecule has 1 amide bonds. The van der Waals surface area contributed by atoms with Gasteiger partial charge in [-0.1, -0.05) is 0 Å². The Kier molecular flexibility index (Phi) is 4.37. The Hall–Kier alpha value is -3.03. The van der Waals surface area contributed by atoms with Crippen molar-refractivity contribution in [3.8, 4) is 0 Å². The van der Waals surface area contributed by atoms with E-state index in [4.69, 9.17) is 5.11 Å². The molecule has 1 aromatic carbocycles. The van der Waals surface area contributed by atoms with Gasteiger partial charge in [0.1, 0.15) is 5.82 Å². The number of aromatic nitrogens is 2. The number of amides is 1. The van der Waals surface area contributed by atoms with Gasteiger partial charge in [0, 0.05) is 44.3 Å². The highest BCUT2D eigenvalue weighted by molar-refractivity contribution is 6.02. The minimum atomic E-state index is -1.28. The lowest BCUT2D eigenvalue weighted by Crippen LogP contribution is -2.49. The monoisotopic (exact) mass is 330 g/mol. The van der Waals surface area contributed by atoms with E-state index in [2.05, 4.69) is 9.97 Å². The van der Waals surface area contributed by atoms with Crippen LogP contribution in [0.5, 0.6) is 0 Å². The van der Waals surface area contributed by atoms with E-state index in [0.717, 1.165) is 5.69 Å². The number of hydrogen-bond donors (Lipinski definition) is 1. The third kappa shape index (κ3) is 3.17. The summed E-state index contributed by atoms with van der Waals surface area (Å²) in [6, 6.07) is 6.17. The lowest BCUT2D eigenvalue weighted by Gasteiger charge is -2.36. The molecule has 1 N–H and O–H groups in total. The van der Waals surface area contributed by atoms with Crippen LogP contribution in [0.25, 0.3) is 0 Å². The molecule has 0 saturated carbocycles. The molecule has 8 heteroatoms. The summed E-state index contributed by atoms with van der Waals surface area (Å²) in [6.07, 6.45) is 2.54. The zero-order valence-electron chi connectivity index (χ0n) is 12.7. The summed E-state index contributed by atoms with van der Waals surface area (Å²) in [5.74, 6) is -2.02. The summed E-state index contributed by atoms with van der Waals surface area (Å²) in [5, 5.41) is 9.11. The maximum atomic E-state index is 13.0. The van der Waals surface area contributed by atoms with Gasteiger partial charge >= 0.3 is 5.97 Å². The van der Waals surface area contributed by atoms with Crippen LogP contribution in [0.4, 0.5) is 10.1 Å². The van der Waals surface area contributed by atoms with Crippen LogP contribution in [-0.2, 0) is 0 Å². The quantitative estimate of drug-likeness (QED) is 0.912. The Morgan fingerprint density at radius 1 is 0.958 bits per heavy atom. The number of anilines is 1. The molecule has 124 valence electrons. The predicted molar refractivity (Wildman–Crippen MR) is 83.5 cm³/mol. The fraction of sp³-hybridized carbons (Fsp3) is 0.250. The number of carbonyl (C=O) groups excluding carboxylic acids is 1. The number of piperazine rings is 1. The molecule has 0 spiro atoms. The molecule has 3 rings (SSSR count). The molecule has 2 heterocycles. The van der Waals surface area contributed by atoms with Gasteiger partial charge in [-0.2, -0.15) is 0 Å². The molecule has 0 radical (unpaired) electrons. The second-order valence-electron chi connectivity index (χ2n) is 5.31. The van der Waals surface area contributed by atoms with E-state index in [-0.39, 0.29) is 17.2 Å². The van der Waals surface area contributed by atoms with Gasteiger partial charge < -0.3 is 14.9 Å². The van der Waals surface area contributed by atoms with Crippen LogP contribution in [-0.4, -0.2) is 58.0 Å². The summed E-state index contributed by atoms with van der Waals surface area (Å²) in [4.78, 5) is 34.8. The van der Waals surface area contributed by atoms with Crippen molar-refractivity contribution in [2.24, 2.45) is 0 Å². The topological polar surface area (TPSA) is 86.6 Å². The smallest absolute Gasteiger partial charge is 0.356 e. The summed E-state index contributed by atoms with van der Waals surface area (Å²) < 4.78 is 13.0. The highest BCUT2D eigenvalue weighted by Gasteiger charge is 2.27. The summed E-state index contributed by atoms with van der Waals surface area (Å²) >= 11 is 0. The van der Waals surface area contributed by atoms with Crippen molar-refractivity contribution in [2.75, 3.05) is 31.1 Å². The molecule has 1 saturated heterocycles. The molecule has 1 aromatic heterocycles. The Bertz CT molecular complexity index is 758. The molecule has 2 aromatic rings. The first-order chi connectivity index (χ1) is 11.6. The minimum absolute atomic E-state index is 0.153. The fourth-order valence-electron chi connectivity index (χ4n) is 2.62. The highest BCUT2D eigenvalue weighted by Crippen LogP contribution is 2.18. The van der Waals surface area contributed by atoms with Crippen molar-refractivity contribution in [3.63, 3.8) is 0 Å². The van der Waals surface area contributed by atoms with Gasteiger partial charge in [0.15, 0.2) is 11.4 Å². The number of benzene rings is 1. The van der Waals surface area contributed by atoms with Crippen molar-refractivity contribution in [1.82, 2.24) is 14.9 Å². The lowest BCUT2D eigenvalue weighted by molar-refractivity contribution is 0.0663. The molecule has 7 nitrogen and oxygen atoms in total. The zero-order valence-corrected chi connectivity index (χ0v) is 12.7. The number of rotatable bonds is 3. The van der Waals surface area contributed by atoms with Crippen molar-refractivity contribution in [1.29, 1.82) is 0 Å². The van der Waals surface area contributed by atoms with Crippen LogP contribution in [0, 0.1) is 5.82 Å². The first-order valence-corrected chi connectivity index (χ1v) is 7.40. The first-order valence-electron chi connectivity index (χ1n) is 7.40. The third-order valence-corrected chi connectivity index (χ3v) is 3.86. The third-order valence-electron chi connectivity index (χ3n) is 3.86. The Morgan fingerprint density at radius 3 is 2.12 bits per heavy atom. The molecule has 0 atom stereocenters. The van der Waals surface area contributed by atoms with E-state index < -0.39 is 11.9 Å². The normalized spacial score (nSPS) is 14.5. The fourth-order valence-corrected chi connectivity index (χ4v) is 2.62. The zero-order chi connectivity index (χ0) is 17.1. The second-order valence-corrected chi connectivity index (χ2v) is 5.31. The lowest BCUT2D eigenvalue weighted by atomic mass is 10.2. The summed E-state index contributed by atoms with van der Waals surface area (Å²) in [7, 11) is 0. The van der Waals surface area contributed by atoms with Crippen LogP contribution >= 0.6 is 0 Å². The number of halogens is 1. The van der Waals surface area contributed by atoms with Crippen LogP contribution in [0.1, 0.15) is 21.0 Å². The van der Waals surface area contributed by atoms with Gasteiger partial charge in [-0.15, -0.1) is 0 Å². The maximum absolute atomic E-state index is 13.0. The molecule has 0 bridgehead atoms. The molecule has 1 aliphatic rings. The Morgan fingerprint density at radius 2 is 1.54 bits per heavy atom.